The molecule has 0 heterocycles. The van der Waals surface area contributed by atoms with Crippen molar-refractivity contribution < 1.29 is 4.48 Å². The molecule has 3 rings (SSSR count). The number of hydrogen-bond acceptors (Lipinski definition) is 1. The van der Waals surface area contributed by atoms with Crippen molar-refractivity contribution in [2.45, 2.75) is 27.3 Å². The summed E-state index contributed by atoms with van der Waals surface area (Å²) in [7, 11) is 0. The molecule has 0 unspecified atom stereocenters. The van der Waals surface area contributed by atoms with Gasteiger partial charge >= 0.3 is 0 Å². The molecule has 2 nitrogen and oxygen atoms in total. The summed E-state index contributed by atoms with van der Waals surface area (Å²) in [5, 5.41) is 0. The van der Waals surface area contributed by atoms with Crippen LogP contribution in [-0.4, -0.2) is 24.1 Å². The van der Waals surface area contributed by atoms with Gasteiger partial charge in [-0.15, -0.1) is 0 Å². The Bertz CT molecular complexity index is 845. The minimum Gasteiger partial charge on any atom is -0.321 e. The molecule has 4 heteroatoms. The lowest BCUT2D eigenvalue weighted by molar-refractivity contribution is -0.936. The van der Waals surface area contributed by atoms with E-state index in [4.69, 9.17) is 0 Å². The van der Waals surface area contributed by atoms with Gasteiger partial charge in [0, 0.05) is 31.6 Å². The van der Waals surface area contributed by atoms with Crippen molar-refractivity contribution in [1.82, 2.24) is 0 Å². The van der Waals surface area contributed by atoms with Crippen molar-refractivity contribution >= 4 is 48.9 Å². The Morgan fingerprint density at radius 2 is 0.931 bits per heavy atom. The minimum atomic E-state index is 1.08. The zero-order valence-electron chi connectivity index (χ0n) is 17.4. The Morgan fingerprint density at radius 1 is 0.586 bits per heavy atom. The zero-order chi connectivity index (χ0) is 20.9. The van der Waals surface area contributed by atoms with E-state index in [1.54, 1.807) is 0 Å². The fraction of sp³-hybridized carbons (Fsp3) is 0.280. The van der Waals surface area contributed by atoms with Gasteiger partial charge in [-0.3, -0.25) is 0 Å². The predicted molar refractivity (Wildman–Crippen MR) is 132 cm³/mol. The molecule has 0 N–H and O–H groups in total. The number of rotatable bonds is 8. The molecule has 0 saturated heterocycles. The van der Waals surface area contributed by atoms with Gasteiger partial charge in [0.25, 0.3) is 0 Å². The summed E-state index contributed by atoms with van der Waals surface area (Å²) >= 11 is 7.10. The largest absolute Gasteiger partial charge is 0.321 e. The summed E-state index contributed by atoms with van der Waals surface area (Å²) in [5.41, 5.74) is 4.85. The molecule has 0 aliphatic rings. The van der Waals surface area contributed by atoms with Gasteiger partial charge in [-0.25, -0.2) is 0 Å². The highest BCUT2D eigenvalue weighted by molar-refractivity contribution is 9.10. The van der Waals surface area contributed by atoms with Crippen LogP contribution in [-0.2, 0) is 6.54 Å². The molecule has 0 bridgehead atoms. The van der Waals surface area contributed by atoms with Gasteiger partial charge in [0.1, 0.15) is 6.54 Å². The van der Waals surface area contributed by atoms with E-state index >= 15 is 0 Å². The molecular weight excluding hydrogens is 488 g/mol. The Labute approximate surface area is 192 Å². The predicted octanol–water partition coefficient (Wildman–Crippen LogP) is 8.06. The molecule has 0 spiro atoms. The van der Waals surface area contributed by atoms with Gasteiger partial charge in [-0.2, -0.15) is 0 Å². The van der Waals surface area contributed by atoms with E-state index in [2.05, 4.69) is 130 Å². The van der Waals surface area contributed by atoms with E-state index in [9.17, 15) is 0 Å². The fourth-order valence-corrected chi connectivity index (χ4v) is 4.30. The van der Waals surface area contributed by atoms with Crippen LogP contribution in [0.3, 0.4) is 0 Å². The third kappa shape index (κ3) is 5.30. The summed E-state index contributed by atoms with van der Waals surface area (Å²) in [5.74, 6) is 0. The van der Waals surface area contributed by atoms with E-state index in [-0.39, 0.29) is 0 Å². The van der Waals surface area contributed by atoms with E-state index < -0.39 is 0 Å². The van der Waals surface area contributed by atoms with Gasteiger partial charge in [0.15, 0.2) is 0 Å². The molecule has 3 aromatic rings. The summed E-state index contributed by atoms with van der Waals surface area (Å²) in [6.45, 7) is 11.5. The lowest BCUT2D eigenvalue weighted by Crippen LogP contribution is -2.46. The van der Waals surface area contributed by atoms with Gasteiger partial charge in [-0.05, 0) is 81.4 Å². The van der Waals surface area contributed by atoms with Crippen molar-refractivity contribution in [3.05, 3.63) is 87.3 Å². The van der Waals surface area contributed by atoms with Crippen molar-refractivity contribution in [2.75, 3.05) is 24.5 Å². The number of nitrogens with zero attached hydrogens (tertiary/aromatic N) is 2. The summed E-state index contributed by atoms with van der Waals surface area (Å²) < 4.78 is 3.29. The number of halogens is 2. The molecule has 29 heavy (non-hydrogen) atoms. The Morgan fingerprint density at radius 3 is 1.28 bits per heavy atom. The maximum atomic E-state index is 3.55. The number of hydrogen-bond donors (Lipinski definition) is 0. The summed E-state index contributed by atoms with van der Waals surface area (Å²) in [6, 6.07) is 26.0. The maximum Gasteiger partial charge on any atom is 0.104 e. The van der Waals surface area contributed by atoms with Crippen LogP contribution in [0, 0.1) is 0 Å². The van der Waals surface area contributed by atoms with Crippen LogP contribution in [0.15, 0.2) is 81.7 Å². The lowest BCUT2D eigenvalue weighted by Gasteiger charge is -2.36. The highest BCUT2D eigenvalue weighted by Crippen LogP contribution is 2.35. The molecule has 3 aromatic carbocycles. The molecule has 0 aliphatic heterocycles. The lowest BCUT2D eigenvalue weighted by atomic mass is 10.1. The molecule has 0 fully saturated rings. The molecule has 0 radical (unpaired) electrons. The Kier molecular flexibility index (Phi) is 7.55. The van der Waals surface area contributed by atoms with Crippen LogP contribution in [0.25, 0.3) is 0 Å². The van der Waals surface area contributed by atoms with Crippen molar-refractivity contribution in [3.63, 3.8) is 0 Å². The van der Waals surface area contributed by atoms with Crippen molar-refractivity contribution in [1.29, 1.82) is 0 Å². The molecule has 0 atom stereocenters. The average Bonchev–Trinajstić information content (AvgIpc) is 2.76. The van der Waals surface area contributed by atoms with Crippen LogP contribution in [0.1, 0.15) is 26.3 Å². The first-order valence-electron chi connectivity index (χ1n) is 10.3. The normalized spacial score (nSPS) is 11.5. The summed E-state index contributed by atoms with van der Waals surface area (Å²) in [4.78, 5) is 2.30. The molecule has 152 valence electrons. The van der Waals surface area contributed by atoms with E-state index in [0.29, 0.717) is 0 Å². The van der Waals surface area contributed by atoms with E-state index in [1.807, 2.05) is 0 Å². The Balaban J connectivity index is 1.96. The first-order chi connectivity index (χ1) is 14.0. The highest BCUT2D eigenvalue weighted by atomic mass is 79.9. The number of anilines is 3. The Hall–Kier alpha value is -1.62. The fourth-order valence-electron chi connectivity index (χ4n) is 3.77. The summed E-state index contributed by atoms with van der Waals surface area (Å²) in [6.07, 6.45) is 0. The molecular formula is C25H29Br2N2+. The van der Waals surface area contributed by atoms with Gasteiger partial charge in [-0.1, -0.05) is 44.0 Å². The van der Waals surface area contributed by atoms with Crippen LogP contribution in [0.2, 0.25) is 0 Å². The van der Waals surface area contributed by atoms with Gasteiger partial charge < -0.3 is 9.38 Å². The van der Waals surface area contributed by atoms with Crippen LogP contribution >= 0.6 is 31.9 Å². The molecule has 0 aliphatic carbocycles. The molecule has 0 amide bonds. The first kappa shape index (κ1) is 22.1. The second-order valence-electron chi connectivity index (χ2n) is 7.40. The van der Waals surface area contributed by atoms with Crippen LogP contribution in [0.5, 0.6) is 0 Å². The SMILES string of the molecule is CC[N+](CC)(CC)Cc1ccc(N(c2ccc(Br)cc2)c2ccc(Br)cc2)cc1. The topological polar surface area (TPSA) is 3.24 Å². The van der Waals surface area contributed by atoms with Crippen molar-refractivity contribution in [3.8, 4) is 0 Å². The second kappa shape index (κ2) is 9.92. The zero-order valence-corrected chi connectivity index (χ0v) is 20.6. The highest BCUT2D eigenvalue weighted by Gasteiger charge is 2.21. The monoisotopic (exact) mass is 515 g/mol. The van der Waals surface area contributed by atoms with Crippen LogP contribution in [0.4, 0.5) is 17.1 Å². The standard InChI is InChI=1S/C25H29Br2N2/c1-4-29(5-2,6-3)19-20-7-13-23(14-8-20)28(24-15-9-21(26)10-16-24)25-17-11-22(27)12-18-25/h7-18H,4-6,19H2,1-3H3/q+1. The first-order valence-corrected chi connectivity index (χ1v) is 11.8. The second-order valence-corrected chi connectivity index (χ2v) is 9.23. The van der Waals surface area contributed by atoms with E-state index in [0.717, 1.165) is 31.3 Å². The third-order valence-corrected chi connectivity index (χ3v) is 6.95. The van der Waals surface area contributed by atoms with Gasteiger partial charge in [0.05, 0.1) is 19.6 Å². The number of benzene rings is 3. The number of quaternary nitrogens is 1. The van der Waals surface area contributed by atoms with Gasteiger partial charge in [0.2, 0.25) is 0 Å². The molecule has 0 aromatic heterocycles. The third-order valence-electron chi connectivity index (χ3n) is 5.89. The average molecular weight is 517 g/mol. The maximum absolute atomic E-state index is 3.55. The van der Waals surface area contributed by atoms with Crippen LogP contribution < -0.4 is 4.90 Å². The minimum absolute atomic E-state index is 1.08. The van der Waals surface area contributed by atoms with E-state index in [1.165, 1.54) is 30.9 Å². The molecule has 0 saturated carbocycles. The van der Waals surface area contributed by atoms with Crippen molar-refractivity contribution in [2.24, 2.45) is 0 Å². The quantitative estimate of drug-likeness (QED) is 0.273. The smallest absolute Gasteiger partial charge is 0.104 e.